The predicted molar refractivity (Wildman–Crippen MR) is 99.9 cm³/mol. The minimum absolute atomic E-state index is 0.0963. The molecule has 1 aliphatic rings. The van der Waals surface area contributed by atoms with Crippen LogP contribution in [0.3, 0.4) is 0 Å². The Morgan fingerprint density at radius 2 is 1.73 bits per heavy atom. The fourth-order valence-corrected chi connectivity index (χ4v) is 4.92. The molecule has 0 unspecified atom stereocenters. The van der Waals surface area contributed by atoms with Gasteiger partial charge in [-0.1, -0.05) is 0 Å². The van der Waals surface area contributed by atoms with E-state index in [1.54, 1.807) is 6.20 Å². The lowest BCUT2D eigenvalue weighted by atomic mass is 10.2. The zero-order valence-corrected chi connectivity index (χ0v) is 15.3. The van der Waals surface area contributed by atoms with Crippen molar-refractivity contribution in [3.63, 3.8) is 0 Å². The maximum absolute atomic E-state index is 13.2. The zero-order valence-electron chi connectivity index (χ0n) is 14.4. The van der Waals surface area contributed by atoms with E-state index in [1.165, 1.54) is 24.3 Å². The third-order valence-electron chi connectivity index (χ3n) is 4.83. The summed E-state index contributed by atoms with van der Waals surface area (Å²) >= 11 is 0. The lowest BCUT2D eigenvalue weighted by Crippen LogP contribution is -2.43. The van der Waals surface area contributed by atoms with Gasteiger partial charge in [-0.15, -0.1) is 0 Å². The van der Waals surface area contributed by atoms with E-state index in [-0.39, 0.29) is 9.79 Å². The standard InChI is InChI=1S/C19H20FN3O2S/c1-22-13-19(26(24,25)16-5-2-14(20)3-6-16)17-12-15(4-7-18(17)22)23-10-8-21-9-11-23/h2-7,12-13,21H,8-11H2,1H3. The predicted octanol–water partition coefficient (Wildman–Crippen LogP) is 2.56. The highest BCUT2D eigenvalue weighted by Crippen LogP contribution is 2.32. The van der Waals surface area contributed by atoms with Crippen molar-refractivity contribution in [2.75, 3.05) is 31.1 Å². The Morgan fingerprint density at radius 3 is 2.42 bits per heavy atom. The first-order valence-electron chi connectivity index (χ1n) is 8.52. The number of piperazine rings is 1. The molecule has 4 rings (SSSR count). The number of sulfone groups is 1. The number of nitrogens with one attached hydrogen (secondary N) is 1. The quantitative estimate of drug-likeness (QED) is 0.717. The van der Waals surface area contributed by atoms with Gasteiger partial charge in [0.1, 0.15) is 5.82 Å². The van der Waals surface area contributed by atoms with E-state index in [9.17, 15) is 12.8 Å². The van der Waals surface area contributed by atoms with E-state index in [0.717, 1.165) is 37.4 Å². The Labute approximate surface area is 152 Å². The van der Waals surface area contributed by atoms with Crippen molar-refractivity contribution < 1.29 is 12.8 Å². The molecular formula is C19H20FN3O2S. The van der Waals surface area contributed by atoms with Gasteiger partial charge in [0.25, 0.3) is 0 Å². The van der Waals surface area contributed by atoms with Gasteiger partial charge >= 0.3 is 0 Å². The Morgan fingerprint density at radius 1 is 1.04 bits per heavy atom. The molecule has 1 fully saturated rings. The van der Waals surface area contributed by atoms with Crippen LogP contribution in [-0.4, -0.2) is 39.2 Å². The summed E-state index contributed by atoms with van der Waals surface area (Å²) in [5.41, 5.74) is 1.87. The first-order valence-corrected chi connectivity index (χ1v) is 10.0. The lowest BCUT2D eigenvalue weighted by Gasteiger charge is -2.29. The molecule has 2 aromatic carbocycles. The van der Waals surface area contributed by atoms with Crippen LogP contribution in [0.2, 0.25) is 0 Å². The lowest BCUT2D eigenvalue weighted by molar-refractivity contribution is 0.589. The molecule has 0 bridgehead atoms. The van der Waals surface area contributed by atoms with Crippen molar-refractivity contribution in [3.05, 3.63) is 54.5 Å². The highest BCUT2D eigenvalue weighted by Gasteiger charge is 2.24. The van der Waals surface area contributed by atoms with Gasteiger partial charge < -0.3 is 14.8 Å². The first-order chi connectivity index (χ1) is 12.5. The molecule has 0 aliphatic carbocycles. The number of aryl methyl sites for hydroxylation is 1. The highest BCUT2D eigenvalue weighted by molar-refractivity contribution is 7.91. The van der Waals surface area contributed by atoms with E-state index in [0.29, 0.717) is 5.39 Å². The van der Waals surface area contributed by atoms with Crippen LogP contribution in [0.4, 0.5) is 10.1 Å². The maximum Gasteiger partial charge on any atom is 0.208 e. The second-order valence-electron chi connectivity index (χ2n) is 6.50. The zero-order chi connectivity index (χ0) is 18.3. The molecule has 0 saturated carbocycles. The van der Waals surface area contributed by atoms with Crippen molar-refractivity contribution in [2.24, 2.45) is 7.05 Å². The summed E-state index contributed by atoms with van der Waals surface area (Å²) in [6.07, 6.45) is 1.63. The van der Waals surface area contributed by atoms with Crippen molar-refractivity contribution in [3.8, 4) is 0 Å². The minimum atomic E-state index is -3.73. The Kier molecular flexibility index (Phi) is 4.20. The minimum Gasteiger partial charge on any atom is -0.369 e. The summed E-state index contributed by atoms with van der Waals surface area (Å²) < 4.78 is 41.2. The number of halogens is 1. The molecule has 1 aliphatic heterocycles. The average Bonchev–Trinajstić information content (AvgIpc) is 3.00. The fraction of sp³-hybridized carbons (Fsp3) is 0.263. The molecule has 0 spiro atoms. The maximum atomic E-state index is 13.2. The number of nitrogens with zero attached hydrogens (tertiary/aromatic N) is 2. The third-order valence-corrected chi connectivity index (χ3v) is 6.63. The molecule has 1 saturated heterocycles. The average molecular weight is 373 g/mol. The Bertz CT molecular complexity index is 1050. The summed E-state index contributed by atoms with van der Waals surface area (Å²) in [5.74, 6) is -0.456. The van der Waals surface area contributed by atoms with Crippen LogP contribution in [0.1, 0.15) is 0 Å². The molecule has 3 aromatic rings. The van der Waals surface area contributed by atoms with Gasteiger partial charge in [-0.3, -0.25) is 0 Å². The van der Waals surface area contributed by atoms with Crippen LogP contribution in [0.25, 0.3) is 10.9 Å². The number of benzene rings is 2. The van der Waals surface area contributed by atoms with Crippen LogP contribution in [0, 0.1) is 5.82 Å². The Hall–Kier alpha value is -2.38. The second kappa shape index (κ2) is 6.41. The van der Waals surface area contributed by atoms with Crippen LogP contribution < -0.4 is 10.2 Å². The number of hydrogen-bond donors (Lipinski definition) is 1. The normalized spacial score (nSPS) is 15.5. The number of rotatable bonds is 3. The summed E-state index contributed by atoms with van der Waals surface area (Å²) in [5, 5.41) is 4.00. The summed E-state index contributed by atoms with van der Waals surface area (Å²) in [6, 6.07) is 10.9. The molecule has 1 aromatic heterocycles. The number of fused-ring (bicyclic) bond motifs is 1. The van der Waals surface area contributed by atoms with Gasteiger partial charge in [0.2, 0.25) is 9.84 Å². The van der Waals surface area contributed by atoms with Crippen LogP contribution in [0.5, 0.6) is 0 Å². The van der Waals surface area contributed by atoms with Crippen LogP contribution >= 0.6 is 0 Å². The van der Waals surface area contributed by atoms with Gasteiger partial charge in [0, 0.05) is 56.0 Å². The largest absolute Gasteiger partial charge is 0.369 e. The molecule has 5 nitrogen and oxygen atoms in total. The third kappa shape index (κ3) is 2.87. The number of aromatic nitrogens is 1. The van der Waals surface area contributed by atoms with Crippen molar-refractivity contribution in [2.45, 2.75) is 9.79 Å². The molecule has 136 valence electrons. The van der Waals surface area contributed by atoms with Gasteiger partial charge in [0.15, 0.2) is 0 Å². The van der Waals surface area contributed by atoms with E-state index in [4.69, 9.17) is 0 Å². The molecule has 2 heterocycles. The van der Waals surface area contributed by atoms with E-state index >= 15 is 0 Å². The van der Waals surface area contributed by atoms with Crippen LogP contribution in [0.15, 0.2) is 58.5 Å². The topological polar surface area (TPSA) is 54.3 Å². The molecule has 0 radical (unpaired) electrons. The first kappa shape index (κ1) is 17.1. The molecule has 0 atom stereocenters. The van der Waals surface area contributed by atoms with Crippen molar-refractivity contribution >= 4 is 26.4 Å². The smallest absolute Gasteiger partial charge is 0.208 e. The Balaban J connectivity index is 1.85. The van der Waals surface area contributed by atoms with Gasteiger partial charge in [-0.2, -0.15) is 0 Å². The SMILES string of the molecule is Cn1cc(S(=O)(=O)c2ccc(F)cc2)c2cc(N3CCNCC3)ccc21. The van der Waals surface area contributed by atoms with E-state index in [2.05, 4.69) is 10.2 Å². The van der Waals surface area contributed by atoms with Gasteiger partial charge in [0.05, 0.1) is 9.79 Å². The second-order valence-corrected chi connectivity index (χ2v) is 8.42. The number of hydrogen-bond acceptors (Lipinski definition) is 4. The number of anilines is 1. The highest BCUT2D eigenvalue weighted by atomic mass is 32.2. The van der Waals surface area contributed by atoms with Crippen molar-refractivity contribution in [1.82, 2.24) is 9.88 Å². The molecule has 1 N–H and O–H groups in total. The van der Waals surface area contributed by atoms with Gasteiger partial charge in [-0.05, 0) is 42.5 Å². The monoisotopic (exact) mass is 373 g/mol. The summed E-state index contributed by atoms with van der Waals surface area (Å²) in [7, 11) is -1.90. The summed E-state index contributed by atoms with van der Waals surface area (Å²) in [6.45, 7) is 3.60. The fourth-order valence-electron chi connectivity index (χ4n) is 3.42. The van der Waals surface area contributed by atoms with Crippen LogP contribution in [-0.2, 0) is 16.9 Å². The molecular weight excluding hydrogens is 353 g/mol. The van der Waals surface area contributed by atoms with Crippen molar-refractivity contribution in [1.29, 1.82) is 0 Å². The molecule has 0 amide bonds. The molecule has 7 heteroatoms. The summed E-state index contributed by atoms with van der Waals surface area (Å²) in [4.78, 5) is 2.59. The van der Waals surface area contributed by atoms with E-state index < -0.39 is 15.7 Å². The van der Waals surface area contributed by atoms with Gasteiger partial charge in [-0.25, -0.2) is 12.8 Å². The van der Waals surface area contributed by atoms with E-state index in [1.807, 2.05) is 29.8 Å². The molecule has 26 heavy (non-hydrogen) atoms.